The molecule has 0 amide bonds. The van der Waals surface area contributed by atoms with Crippen LogP contribution in [0.2, 0.25) is 0 Å². The number of anilines is 3. The third kappa shape index (κ3) is 9.01. The summed E-state index contributed by atoms with van der Waals surface area (Å²) in [6, 6.07) is 58.8. The van der Waals surface area contributed by atoms with Crippen LogP contribution in [0.25, 0.3) is 48.7 Å². The molecule has 2 aliphatic carbocycles. The number of phenolic OH excluding ortho intramolecular Hbond substituents is 2. The van der Waals surface area contributed by atoms with E-state index in [1.54, 1.807) is 6.08 Å². The number of nitrogens with zero attached hydrogens (tertiary/aromatic N) is 2. The first-order chi connectivity index (χ1) is 36.4. The van der Waals surface area contributed by atoms with Gasteiger partial charge in [-0.15, -0.1) is 0 Å². The molecule has 0 saturated carbocycles. The average molecular weight is 989 g/mol. The van der Waals surface area contributed by atoms with Crippen molar-refractivity contribution in [3.05, 3.63) is 228 Å². The SMILES string of the molecule is CCC(C)(C)C(=O)OCCCOC1=CC(=[N+](c2ccc3ccccc3c2)c2ccc3ccccc3c2)C=C(O)/C1=C1\C(=O)C(c2c(O)cc(N(c3ccc4ccccc4c3)c3ccc4ccccc4c3)cc2O)=C1[O-]. The fourth-order valence-corrected chi connectivity index (χ4v) is 9.81. The van der Waals surface area contributed by atoms with Crippen molar-refractivity contribution >= 4 is 94.6 Å². The van der Waals surface area contributed by atoms with E-state index in [9.17, 15) is 30.0 Å². The lowest BCUT2D eigenvalue weighted by atomic mass is 9.78. The number of ether oxygens (including phenoxy) is 2. The minimum atomic E-state index is -0.802. The standard InChI is InChI=1S/C65H52N2O8/c1-4-65(2,3)64(73)75-31-13-30-74-57-39-53(67(50-28-24-42-16-7-11-20-46(42)34-50)51-29-25-43-17-8-12-21-47(43)35-51)38-56(70)59(57)61-62(71)60(63(61)72)58-54(68)36-52(37-55(58)69)66(48-26-22-40-14-5-9-18-44(40)32-48)49-27-23-41-15-6-10-19-45(41)33-49/h5-12,14-29,32-39H,4,13,30-31H2,1-3H3,(H3,68,69,70,71,72). The second-order valence-electron chi connectivity index (χ2n) is 19.5. The highest BCUT2D eigenvalue weighted by molar-refractivity contribution is 6.40. The van der Waals surface area contributed by atoms with Crippen LogP contribution >= 0.6 is 0 Å². The lowest BCUT2D eigenvalue weighted by Gasteiger charge is -2.34. The van der Waals surface area contributed by atoms with Crippen molar-refractivity contribution in [1.82, 2.24) is 4.58 Å². The fourth-order valence-electron chi connectivity index (χ4n) is 9.81. The van der Waals surface area contributed by atoms with E-state index in [0.717, 1.165) is 65.8 Å². The van der Waals surface area contributed by atoms with Crippen molar-refractivity contribution in [2.45, 2.75) is 33.6 Å². The first-order valence-electron chi connectivity index (χ1n) is 25.0. The van der Waals surface area contributed by atoms with Crippen LogP contribution in [0.15, 0.2) is 223 Å². The molecule has 0 spiro atoms. The maximum absolute atomic E-state index is 14.6. The van der Waals surface area contributed by atoms with Gasteiger partial charge in [-0.05, 0) is 99.8 Å². The molecule has 370 valence electrons. The second kappa shape index (κ2) is 19.5. The number of allylic oxidation sites excluding steroid dienone is 4. The molecular weight excluding hydrogens is 937 g/mol. The third-order valence-electron chi connectivity index (χ3n) is 14.3. The summed E-state index contributed by atoms with van der Waals surface area (Å²) in [6.45, 7) is 5.59. The van der Waals surface area contributed by atoms with Gasteiger partial charge in [0.05, 0.1) is 47.6 Å². The summed E-state index contributed by atoms with van der Waals surface area (Å²) in [5.74, 6) is -3.32. The van der Waals surface area contributed by atoms with Crippen LogP contribution in [0.5, 0.6) is 11.5 Å². The molecule has 9 aromatic rings. The van der Waals surface area contributed by atoms with E-state index >= 15 is 0 Å². The van der Waals surface area contributed by atoms with E-state index in [1.165, 1.54) is 18.2 Å². The Morgan fingerprint density at radius 1 is 0.560 bits per heavy atom. The number of hydrogen-bond acceptors (Lipinski definition) is 9. The number of fused-ring (bicyclic) bond motifs is 4. The topological polar surface area (TPSA) is 143 Å². The largest absolute Gasteiger partial charge is 0.871 e. The molecule has 0 aliphatic heterocycles. The molecule has 9 aromatic carbocycles. The van der Waals surface area contributed by atoms with Crippen molar-refractivity contribution in [3.63, 3.8) is 0 Å². The molecule has 10 heteroatoms. The highest BCUT2D eigenvalue weighted by Gasteiger charge is 2.39. The minimum absolute atomic E-state index is 0.0120. The molecule has 0 heterocycles. The van der Waals surface area contributed by atoms with Gasteiger partial charge in [0, 0.05) is 65.3 Å². The number of carbonyl (C=O) groups is 2. The zero-order chi connectivity index (χ0) is 52.0. The maximum atomic E-state index is 14.6. The first kappa shape index (κ1) is 47.9. The van der Waals surface area contributed by atoms with Gasteiger partial charge in [0.25, 0.3) is 0 Å². The summed E-state index contributed by atoms with van der Waals surface area (Å²) in [4.78, 5) is 29.3. The summed E-state index contributed by atoms with van der Waals surface area (Å²) < 4.78 is 14.0. The number of ketones is 1. The smallest absolute Gasteiger partial charge is 0.311 e. The molecule has 0 unspecified atom stereocenters. The number of esters is 1. The number of aliphatic hydroxyl groups excluding tert-OH is 1. The van der Waals surface area contributed by atoms with Crippen molar-refractivity contribution < 1.29 is 39.5 Å². The number of hydrogen-bond donors (Lipinski definition) is 3. The Morgan fingerprint density at radius 2 is 1.03 bits per heavy atom. The Balaban J connectivity index is 1.02. The number of rotatable bonds is 13. The van der Waals surface area contributed by atoms with E-state index in [1.807, 2.05) is 200 Å². The van der Waals surface area contributed by atoms with Crippen molar-refractivity contribution in [2.24, 2.45) is 5.41 Å². The molecule has 3 N–H and O–H groups in total. The molecule has 10 nitrogen and oxygen atoms in total. The van der Waals surface area contributed by atoms with Gasteiger partial charge in [-0.1, -0.05) is 122 Å². The quantitative estimate of drug-likeness (QED) is 0.0445. The Labute approximate surface area is 433 Å². The predicted octanol–water partition coefficient (Wildman–Crippen LogP) is 13.8. The molecule has 11 rings (SSSR count). The zero-order valence-corrected chi connectivity index (χ0v) is 41.6. The minimum Gasteiger partial charge on any atom is -0.871 e. The van der Waals surface area contributed by atoms with Gasteiger partial charge in [0.2, 0.25) is 17.1 Å². The Hall–Kier alpha value is -9.41. The van der Waals surface area contributed by atoms with Crippen LogP contribution in [0.1, 0.15) is 39.2 Å². The molecule has 0 saturated heterocycles. The maximum Gasteiger partial charge on any atom is 0.311 e. The number of benzene rings is 9. The van der Waals surface area contributed by atoms with E-state index in [2.05, 4.69) is 0 Å². The van der Waals surface area contributed by atoms with Crippen molar-refractivity contribution in [1.29, 1.82) is 0 Å². The van der Waals surface area contributed by atoms with Crippen LogP contribution in [0.3, 0.4) is 0 Å². The Kier molecular flexibility index (Phi) is 12.5. The van der Waals surface area contributed by atoms with Crippen LogP contribution in [-0.2, 0) is 19.1 Å². The lowest BCUT2D eigenvalue weighted by Crippen LogP contribution is -2.32. The van der Waals surface area contributed by atoms with Gasteiger partial charge < -0.3 is 34.8 Å². The molecule has 2 aliphatic rings. The predicted molar refractivity (Wildman–Crippen MR) is 297 cm³/mol. The van der Waals surface area contributed by atoms with Gasteiger partial charge in [0.15, 0.2) is 5.78 Å². The molecule has 0 atom stereocenters. The average Bonchev–Trinajstić information content (AvgIpc) is 3.43. The molecule has 75 heavy (non-hydrogen) atoms. The fraction of sp³-hybridized carbons (Fsp3) is 0.123. The summed E-state index contributed by atoms with van der Waals surface area (Å²) in [5, 5.41) is 58.6. The molecule has 0 radical (unpaired) electrons. The Bertz CT molecular complexity index is 3810. The van der Waals surface area contributed by atoms with Gasteiger partial charge in [-0.2, -0.15) is 4.58 Å². The van der Waals surface area contributed by atoms with Gasteiger partial charge in [-0.3, -0.25) is 9.59 Å². The summed E-state index contributed by atoms with van der Waals surface area (Å²) in [6.07, 6.45) is 4.02. The van der Waals surface area contributed by atoms with Gasteiger partial charge in [-0.25, -0.2) is 0 Å². The number of phenols is 2. The van der Waals surface area contributed by atoms with Crippen LogP contribution in [0, 0.1) is 5.41 Å². The monoisotopic (exact) mass is 988 g/mol. The molecular formula is C65H52N2O8. The van der Waals surface area contributed by atoms with E-state index in [-0.39, 0.29) is 48.1 Å². The van der Waals surface area contributed by atoms with E-state index in [4.69, 9.17) is 9.47 Å². The van der Waals surface area contributed by atoms with Crippen LogP contribution in [0.4, 0.5) is 28.4 Å². The van der Waals surface area contributed by atoms with Crippen LogP contribution in [-0.4, -0.2) is 46.0 Å². The first-order valence-corrected chi connectivity index (χ1v) is 25.0. The summed E-state index contributed by atoms with van der Waals surface area (Å²) in [5.41, 5.74) is 1.88. The van der Waals surface area contributed by atoms with Crippen molar-refractivity contribution in [2.75, 3.05) is 18.1 Å². The molecule has 0 bridgehead atoms. The zero-order valence-electron chi connectivity index (χ0n) is 41.6. The number of carbonyl (C=O) groups excluding carboxylic acids is 2. The van der Waals surface area contributed by atoms with Gasteiger partial charge in [0.1, 0.15) is 23.0 Å². The highest BCUT2D eigenvalue weighted by atomic mass is 16.5. The Morgan fingerprint density at radius 3 is 1.51 bits per heavy atom. The van der Waals surface area contributed by atoms with E-state index < -0.39 is 39.8 Å². The highest BCUT2D eigenvalue weighted by Crippen LogP contribution is 2.49. The second-order valence-corrected chi connectivity index (χ2v) is 19.5. The summed E-state index contributed by atoms with van der Waals surface area (Å²) in [7, 11) is 0. The van der Waals surface area contributed by atoms with Crippen LogP contribution < -0.4 is 14.6 Å². The van der Waals surface area contributed by atoms with Gasteiger partial charge >= 0.3 is 5.97 Å². The normalized spacial score (nSPS) is 14.8. The summed E-state index contributed by atoms with van der Waals surface area (Å²) >= 11 is 0. The van der Waals surface area contributed by atoms with Crippen molar-refractivity contribution in [3.8, 4) is 11.5 Å². The van der Waals surface area contributed by atoms with E-state index in [0.29, 0.717) is 17.8 Å². The molecule has 0 fully saturated rings. The number of aliphatic hydroxyl groups is 1. The number of Topliss-reactive ketones (excluding diaryl/α,β-unsaturated/α-hetero) is 1. The third-order valence-corrected chi connectivity index (χ3v) is 14.3. The lowest BCUT2D eigenvalue weighted by molar-refractivity contribution is -0.297. The molecule has 0 aromatic heterocycles. The number of aromatic hydroxyl groups is 2.